The van der Waals surface area contributed by atoms with Crippen LogP contribution >= 0.6 is 0 Å². The van der Waals surface area contributed by atoms with Crippen LogP contribution in [-0.4, -0.2) is 62.7 Å². The lowest BCUT2D eigenvalue weighted by Crippen LogP contribution is -2.57. The number of benzene rings is 2. The van der Waals surface area contributed by atoms with Crippen LogP contribution in [0.15, 0.2) is 73.3 Å². The molecule has 0 bridgehead atoms. The lowest BCUT2D eigenvalue weighted by molar-refractivity contribution is -0.942. The molecule has 9 nitrogen and oxygen atoms in total. The molecule has 1 aliphatic heterocycles. The standard InChI is InChI=1S/C25H27N5O4/c1-30(21(22(26)31)23-28-16-27-17-29-23)14-8-13-20(30)15-34-24(32)25(33,18-9-4-2-5-10-18)19-11-6-3-7-12-19/h2-7,9-12,16-17,20-21,33H,8,13-15H2,1H3,(H-,26,31)/p+1/t20?,21?,30-/m1/s1. The Labute approximate surface area is 197 Å². The molecule has 3 atom stereocenters. The van der Waals surface area contributed by atoms with E-state index >= 15 is 0 Å². The summed E-state index contributed by atoms with van der Waals surface area (Å²) < 4.78 is 5.96. The minimum absolute atomic E-state index is 0.00613. The van der Waals surface area contributed by atoms with Gasteiger partial charge in [0.25, 0.3) is 5.91 Å². The maximum atomic E-state index is 13.4. The molecule has 3 aromatic rings. The van der Waals surface area contributed by atoms with Crippen molar-refractivity contribution in [3.63, 3.8) is 0 Å². The monoisotopic (exact) mass is 462 g/mol. The number of primary amides is 1. The van der Waals surface area contributed by atoms with Crippen molar-refractivity contribution < 1.29 is 23.9 Å². The molecule has 4 rings (SSSR count). The number of esters is 1. The molecule has 1 amide bonds. The van der Waals surface area contributed by atoms with E-state index in [0.29, 0.717) is 24.1 Å². The van der Waals surface area contributed by atoms with E-state index in [1.54, 1.807) is 48.5 Å². The molecule has 2 heterocycles. The summed E-state index contributed by atoms with van der Waals surface area (Å²) in [6, 6.07) is 16.4. The van der Waals surface area contributed by atoms with Gasteiger partial charge in [0.15, 0.2) is 5.82 Å². The van der Waals surface area contributed by atoms with E-state index in [0.717, 1.165) is 6.42 Å². The smallest absolute Gasteiger partial charge is 0.347 e. The van der Waals surface area contributed by atoms with E-state index in [4.69, 9.17) is 10.5 Å². The molecule has 1 saturated heterocycles. The van der Waals surface area contributed by atoms with Gasteiger partial charge in [0, 0.05) is 12.8 Å². The summed E-state index contributed by atoms with van der Waals surface area (Å²) in [5.74, 6) is -1.05. The summed E-state index contributed by atoms with van der Waals surface area (Å²) in [5, 5.41) is 11.6. The number of likely N-dealkylation sites (N-methyl/N-ethyl adjacent to an activating group) is 1. The van der Waals surface area contributed by atoms with Crippen LogP contribution in [0.25, 0.3) is 0 Å². The fraction of sp³-hybridized carbons (Fsp3) is 0.320. The number of ether oxygens (including phenoxy) is 1. The van der Waals surface area contributed by atoms with Gasteiger partial charge < -0.3 is 20.1 Å². The van der Waals surface area contributed by atoms with E-state index in [1.807, 2.05) is 19.2 Å². The first-order chi connectivity index (χ1) is 16.4. The highest BCUT2D eigenvalue weighted by Gasteiger charge is 2.50. The Kier molecular flexibility index (Phi) is 6.67. The highest BCUT2D eigenvalue weighted by molar-refractivity contribution is 5.85. The number of amides is 1. The second-order valence-electron chi connectivity index (χ2n) is 8.71. The van der Waals surface area contributed by atoms with Gasteiger partial charge in [-0.3, -0.25) is 4.79 Å². The molecule has 0 aliphatic carbocycles. The molecule has 0 spiro atoms. The molecule has 0 saturated carbocycles. The molecule has 0 radical (unpaired) electrons. The Bertz CT molecular complexity index is 1090. The fourth-order valence-electron chi connectivity index (χ4n) is 4.85. The van der Waals surface area contributed by atoms with Crippen molar-refractivity contribution in [3.8, 4) is 0 Å². The number of rotatable bonds is 8. The fourth-order valence-corrected chi connectivity index (χ4v) is 4.85. The number of carbonyl (C=O) groups is 2. The molecular weight excluding hydrogens is 434 g/mol. The first-order valence-corrected chi connectivity index (χ1v) is 11.1. The van der Waals surface area contributed by atoms with Gasteiger partial charge >= 0.3 is 5.97 Å². The number of nitrogens with two attached hydrogens (primary N) is 1. The minimum atomic E-state index is -1.97. The Morgan fingerprint density at radius 2 is 1.65 bits per heavy atom. The van der Waals surface area contributed by atoms with E-state index < -0.39 is 23.5 Å². The topological polar surface area (TPSA) is 128 Å². The lowest BCUT2D eigenvalue weighted by atomic mass is 9.86. The molecular formula is C25H28N5O4+. The van der Waals surface area contributed by atoms with Crippen molar-refractivity contribution in [2.75, 3.05) is 20.2 Å². The third-order valence-corrected chi connectivity index (χ3v) is 6.71. The lowest BCUT2D eigenvalue weighted by Gasteiger charge is -2.40. The first kappa shape index (κ1) is 23.5. The summed E-state index contributed by atoms with van der Waals surface area (Å²) in [6.07, 6.45) is 4.19. The normalized spacial score (nSPS) is 21.1. The SMILES string of the molecule is C[N@@+]1(C(C(N)=O)c2ncncn2)CCCC1COC(=O)C(O)(c1ccccc1)c1ccccc1. The number of likely N-dealkylation sites (tertiary alicyclic amines) is 1. The Hall–Kier alpha value is -3.69. The second-order valence-corrected chi connectivity index (χ2v) is 8.71. The molecule has 3 N–H and O–H groups in total. The number of aromatic nitrogens is 3. The summed E-state index contributed by atoms with van der Waals surface area (Å²) in [5.41, 5.74) is 4.62. The number of hydrogen-bond acceptors (Lipinski definition) is 7. The zero-order valence-corrected chi connectivity index (χ0v) is 18.9. The predicted octanol–water partition coefficient (Wildman–Crippen LogP) is 1.49. The average Bonchev–Trinajstić information content (AvgIpc) is 3.24. The zero-order chi connectivity index (χ0) is 24.2. The van der Waals surface area contributed by atoms with Crippen molar-refractivity contribution in [1.29, 1.82) is 0 Å². The van der Waals surface area contributed by atoms with Gasteiger partial charge in [0.1, 0.15) is 25.3 Å². The molecule has 1 aliphatic rings. The van der Waals surface area contributed by atoms with E-state index in [-0.39, 0.29) is 23.0 Å². The van der Waals surface area contributed by atoms with Crippen LogP contribution in [0.3, 0.4) is 0 Å². The number of aliphatic hydroxyl groups is 1. The van der Waals surface area contributed by atoms with Crippen molar-refractivity contribution in [2.24, 2.45) is 5.73 Å². The van der Waals surface area contributed by atoms with Crippen LogP contribution in [0, 0.1) is 0 Å². The number of carbonyl (C=O) groups excluding carboxylic acids is 2. The summed E-state index contributed by atoms with van der Waals surface area (Å²) in [7, 11) is 1.89. The number of hydrogen-bond donors (Lipinski definition) is 2. The molecule has 1 fully saturated rings. The first-order valence-electron chi connectivity index (χ1n) is 11.1. The zero-order valence-electron chi connectivity index (χ0n) is 18.9. The molecule has 9 heteroatoms. The molecule has 2 aromatic carbocycles. The summed E-state index contributed by atoms with van der Waals surface area (Å²) in [4.78, 5) is 38.0. The Balaban J connectivity index is 1.60. The largest absolute Gasteiger partial charge is 0.457 e. The minimum Gasteiger partial charge on any atom is -0.457 e. The van der Waals surface area contributed by atoms with Gasteiger partial charge in [0.05, 0.1) is 13.6 Å². The summed E-state index contributed by atoms with van der Waals surface area (Å²) >= 11 is 0. The maximum Gasteiger partial charge on any atom is 0.347 e. The van der Waals surface area contributed by atoms with Crippen molar-refractivity contribution >= 4 is 11.9 Å². The van der Waals surface area contributed by atoms with Crippen LogP contribution in [0.1, 0.15) is 35.8 Å². The summed E-state index contributed by atoms with van der Waals surface area (Å²) in [6.45, 7) is 0.648. The molecule has 34 heavy (non-hydrogen) atoms. The molecule has 1 aromatic heterocycles. The van der Waals surface area contributed by atoms with Crippen LogP contribution in [0.4, 0.5) is 0 Å². The number of nitrogens with zero attached hydrogens (tertiary/aromatic N) is 4. The van der Waals surface area contributed by atoms with Gasteiger partial charge in [-0.1, -0.05) is 60.7 Å². The van der Waals surface area contributed by atoms with Crippen LogP contribution < -0.4 is 5.73 Å². The quantitative estimate of drug-likeness (QED) is 0.383. The molecule has 176 valence electrons. The van der Waals surface area contributed by atoms with Gasteiger partial charge in [-0.05, 0) is 11.1 Å². The Morgan fingerprint density at radius 3 is 2.18 bits per heavy atom. The highest BCUT2D eigenvalue weighted by atomic mass is 16.6. The van der Waals surface area contributed by atoms with Gasteiger partial charge in [-0.15, -0.1) is 0 Å². The van der Waals surface area contributed by atoms with E-state index in [1.165, 1.54) is 12.7 Å². The second kappa shape index (κ2) is 9.66. The third kappa shape index (κ3) is 4.27. The Morgan fingerprint density at radius 1 is 1.09 bits per heavy atom. The van der Waals surface area contributed by atoms with E-state index in [9.17, 15) is 14.7 Å². The third-order valence-electron chi connectivity index (χ3n) is 6.71. The van der Waals surface area contributed by atoms with Gasteiger partial charge in [-0.2, -0.15) is 0 Å². The van der Waals surface area contributed by atoms with Gasteiger partial charge in [-0.25, -0.2) is 19.7 Å². The number of quaternary nitrogens is 1. The van der Waals surface area contributed by atoms with Crippen molar-refractivity contribution in [1.82, 2.24) is 15.0 Å². The van der Waals surface area contributed by atoms with Crippen LogP contribution in [0.5, 0.6) is 0 Å². The van der Waals surface area contributed by atoms with Gasteiger partial charge in [0.2, 0.25) is 11.6 Å². The maximum absolute atomic E-state index is 13.4. The predicted molar refractivity (Wildman–Crippen MR) is 123 cm³/mol. The van der Waals surface area contributed by atoms with Crippen molar-refractivity contribution in [2.45, 2.75) is 30.5 Å². The van der Waals surface area contributed by atoms with Crippen LogP contribution in [-0.2, 0) is 19.9 Å². The van der Waals surface area contributed by atoms with Crippen molar-refractivity contribution in [3.05, 3.63) is 90.3 Å². The highest BCUT2D eigenvalue weighted by Crippen LogP contribution is 2.36. The van der Waals surface area contributed by atoms with Crippen LogP contribution in [0.2, 0.25) is 0 Å². The molecule has 2 unspecified atom stereocenters. The average molecular weight is 463 g/mol. The van der Waals surface area contributed by atoms with E-state index in [2.05, 4.69) is 15.0 Å².